The van der Waals surface area contributed by atoms with Crippen molar-refractivity contribution in [3.63, 3.8) is 0 Å². The van der Waals surface area contributed by atoms with Crippen molar-refractivity contribution in [3.05, 3.63) is 78.8 Å². The van der Waals surface area contributed by atoms with Crippen molar-refractivity contribution in [2.24, 2.45) is 4.99 Å². The van der Waals surface area contributed by atoms with Crippen LogP contribution in [0.1, 0.15) is 19.8 Å². The Kier molecular flexibility index (Phi) is 5.86. The van der Waals surface area contributed by atoms with Gasteiger partial charge in [-0.05, 0) is 61.4 Å². The van der Waals surface area contributed by atoms with Gasteiger partial charge >= 0.3 is 0 Å². The highest BCUT2D eigenvalue weighted by molar-refractivity contribution is 6.01. The normalized spacial score (nSPS) is 23.8. The van der Waals surface area contributed by atoms with Crippen LogP contribution < -0.4 is 15.5 Å². The lowest BCUT2D eigenvalue weighted by atomic mass is 10.0. The van der Waals surface area contributed by atoms with E-state index in [1.165, 1.54) is 12.3 Å². The standard InChI is InChI=1S/C26H28FN5O/c1-2-23-25(32-16-18(27)8-13-24(32)30-23)26(33)29-21-14-15-31(17-21)22-11-9-20(10-12-22)28-19-6-4-3-5-7-19/h3-13,16,21,23,25,28H,2,14-15,17H2,1H3,(H,29,33). The van der Waals surface area contributed by atoms with Gasteiger partial charge in [0.25, 0.3) is 0 Å². The molecule has 3 aliphatic heterocycles. The Morgan fingerprint density at radius 2 is 1.85 bits per heavy atom. The van der Waals surface area contributed by atoms with E-state index in [4.69, 9.17) is 0 Å². The maximum Gasteiger partial charge on any atom is 0.245 e. The molecule has 3 aliphatic rings. The zero-order valence-corrected chi connectivity index (χ0v) is 18.6. The Morgan fingerprint density at radius 3 is 2.61 bits per heavy atom. The van der Waals surface area contributed by atoms with Crippen molar-refractivity contribution in [3.8, 4) is 0 Å². The number of hydrogen-bond acceptors (Lipinski definition) is 5. The number of anilines is 3. The summed E-state index contributed by atoms with van der Waals surface area (Å²) in [6.07, 6.45) is 6.00. The van der Waals surface area contributed by atoms with Crippen molar-refractivity contribution in [1.29, 1.82) is 0 Å². The summed E-state index contributed by atoms with van der Waals surface area (Å²) >= 11 is 0. The molecule has 0 aromatic heterocycles. The van der Waals surface area contributed by atoms with Gasteiger partial charge in [-0.25, -0.2) is 4.39 Å². The predicted molar refractivity (Wildman–Crippen MR) is 130 cm³/mol. The summed E-state index contributed by atoms with van der Waals surface area (Å²) in [5.74, 6) is 0.204. The van der Waals surface area contributed by atoms with Gasteiger partial charge in [-0.15, -0.1) is 0 Å². The third-order valence-corrected chi connectivity index (χ3v) is 6.40. The van der Waals surface area contributed by atoms with Crippen LogP contribution in [-0.2, 0) is 4.79 Å². The minimum atomic E-state index is -0.502. The molecule has 1 fully saturated rings. The number of rotatable bonds is 6. The van der Waals surface area contributed by atoms with Crippen LogP contribution in [0.5, 0.6) is 0 Å². The number of nitrogens with zero attached hydrogens (tertiary/aromatic N) is 3. The number of amidine groups is 1. The average molecular weight is 446 g/mol. The van der Waals surface area contributed by atoms with E-state index in [-0.39, 0.29) is 23.8 Å². The van der Waals surface area contributed by atoms with Crippen molar-refractivity contribution in [2.45, 2.75) is 37.9 Å². The van der Waals surface area contributed by atoms with Crippen LogP contribution in [0.25, 0.3) is 0 Å². The quantitative estimate of drug-likeness (QED) is 0.693. The van der Waals surface area contributed by atoms with E-state index in [9.17, 15) is 9.18 Å². The summed E-state index contributed by atoms with van der Waals surface area (Å²) < 4.78 is 13.8. The molecule has 0 radical (unpaired) electrons. The van der Waals surface area contributed by atoms with Crippen molar-refractivity contribution in [1.82, 2.24) is 10.2 Å². The lowest BCUT2D eigenvalue weighted by Gasteiger charge is -2.28. The number of halogens is 1. The molecular formula is C26H28FN5O. The molecule has 2 aromatic rings. The van der Waals surface area contributed by atoms with Crippen molar-refractivity contribution < 1.29 is 9.18 Å². The largest absolute Gasteiger partial charge is 0.369 e. The monoisotopic (exact) mass is 445 g/mol. The van der Waals surface area contributed by atoms with Gasteiger partial charge in [-0.1, -0.05) is 25.1 Å². The van der Waals surface area contributed by atoms with Gasteiger partial charge in [0, 0.05) is 42.4 Å². The van der Waals surface area contributed by atoms with Crippen LogP contribution in [-0.4, -0.2) is 47.9 Å². The third kappa shape index (κ3) is 4.49. The molecular weight excluding hydrogens is 417 g/mol. The molecule has 3 atom stereocenters. The summed E-state index contributed by atoms with van der Waals surface area (Å²) in [4.78, 5) is 21.7. The highest BCUT2D eigenvalue weighted by Crippen LogP contribution is 2.27. The Hall–Kier alpha value is -3.61. The second-order valence-electron chi connectivity index (χ2n) is 8.64. The van der Waals surface area contributed by atoms with Crippen LogP contribution >= 0.6 is 0 Å². The third-order valence-electron chi connectivity index (χ3n) is 6.40. The number of nitrogens with one attached hydrogen (secondary N) is 2. The van der Waals surface area contributed by atoms with Crippen molar-refractivity contribution >= 4 is 28.8 Å². The molecule has 2 aromatic carbocycles. The fourth-order valence-electron chi connectivity index (χ4n) is 4.70. The minimum Gasteiger partial charge on any atom is -0.369 e. The summed E-state index contributed by atoms with van der Waals surface area (Å²) in [6.45, 7) is 3.63. The smallest absolute Gasteiger partial charge is 0.245 e. The lowest BCUT2D eigenvalue weighted by molar-refractivity contribution is -0.125. The van der Waals surface area contributed by atoms with Crippen LogP contribution in [0.15, 0.2) is 83.8 Å². The van der Waals surface area contributed by atoms with Crippen molar-refractivity contribution in [2.75, 3.05) is 23.3 Å². The maximum atomic E-state index is 13.8. The lowest BCUT2D eigenvalue weighted by Crippen LogP contribution is -2.51. The summed E-state index contributed by atoms with van der Waals surface area (Å²) in [5.41, 5.74) is 3.22. The van der Waals surface area contributed by atoms with Gasteiger partial charge < -0.3 is 20.4 Å². The molecule has 33 heavy (non-hydrogen) atoms. The first-order valence-electron chi connectivity index (χ1n) is 11.5. The molecule has 3 heterocycles. The Labute approximate surface area is 193 Å². The molecule has 0 spiro atoms. The Bertz CT molecular complexity index is 1100. The van der Waals surface area contributed by atoms with E-state index in [1.54, 1.807) is 11.0 Å². The van der Waals surface area contributed by atoms with Gasteiger partial charge in [0.1, 0.15) is 17.7 Å². The fourth-order valence-corrected chi connectivity index (χ4v) is 4.70. The van der Waals surface area contributed by atoms with E-state index in [0.717, 1.165) is 43.0 Å². The number of aliphatic imine (C=N–C) groups is 1. The molecule has 1 amide bonds. The topological polar surface area (TPSA) is 60.0 Å². The maximum absolute atomic E-state index is 13.8. The number of fused-ring (bicyclic) bond motifs is 1. The first kappa shape index (κ1) is 21.2. The van der Waals surface area contributed by atoms with Crippen LogP contribution in [0.4, 0.5) is 21.5 Å². The number of para-hydroxylation sites is 1. The zero-order valence-electron chi connectivity index (χ0n) is 18.6. The molecule has 0 saturated carbocycles. The predicted octanol–water partition coefficient (Wildman–Crippen LogP) is 4.37. The van der Waals surface area contributed by atoms with Gasteiger partial charge in [0.05, 0.1) is 6.04 Å². The number of benzene rings is 2. The first-order valence-corrected chi connectivity index (χ1v) is 11.5. The average Bonchev–Trinajstić information content (AvgIpc) is 3.44. The minimum absolute atomic E-state index is 0.0512. The number of carbonyl (C=O) groups is 1. The van der Waals surface area contributed by atoms with E-state index in [1.807, 2.05) is 37.3 Å². The van der Waals surface area contributed by atoms with Gasteiger partial charge in [0.15, 0.2) is 0 Å². The van der Waals surface area contributed by atoms with Gasteiger partial charge in [0.2, 0.25) is 5.91 Å². The zero-order chi connectivity index (χ0) is 22.8. The molecule has 5 rings (SSSR count). The van der Waals surface area contributed by atoms with E-state index >= 15 is 0 Å². The number of hydrogen-bond donors (Lipinski definition) is 2. The molecule has 170 valence electrons. The van der Waals surface area contributed by atoms with Crippen LogP contribution in [0.2, 0.25) is 0 Å². The number of carbonyl (C=O) groups excluding carboxylic acids is 1. The summed E-state index contributed by atoms with van der Waals surface area (Å²) in [7, 11) is 0. The molecule has 2 N–H and O–H groups in total. The molecule has 3 unspecified atom stereocenters. The fraction of sp³-hybridized carbons (Fsp3) is 0.308. The molecule has 1 saturated heterocycles. The molecule has 7 heteroatoms. The van der Waals surface area contributed by atoms with E-state index in [2.05, 4.69) is 44.8 Å². The van der Waals surface area contributed by atoms with E-state index in [0.29, 0.717) is 5.84 Å². The second-order valence-corrected chi connectivity index (χ2v) is 8.64. The number of amides is 1. The van der Waals surface area contributed by atoms with E-state index < -0.39 is 6.04 Å². The Balaban J connectivity index is 1.19. The van der Waals surface area contributed by atoms with Crippen LogP contribution in [0, 0.1) is 0 Å². The summed E-state index contributed by atoms with van der Waals surface area (Å²) in [5, 5.41) is 6.59. The van der Waals surface area contributed by atoms with Gasteiger partial charge in [-0.3, -0.25) is 9.79 Å². The molecule has 0 bridgehead atoms. The highest BCUT2D eigenvalue weighted by Gasteiger charge is 2.40. The van der Waals surface area contributed by atoms with Gasteiger partial charge in [-0.2, -0.15) is 0 Å². The summed E-state index contributed by atoms with van der Waals surface area (Å²) in [6, 6.07) is 17.8. The molecule has 0 aliphatic carbocycles. The number of allylic oxidation sites excluding steroid dienone is 2. The SMILES string of the molecule is CCC1N=C2C=CC(F)=CN2C1C(=O)NC1CCN(c2ccc(Nc3ccccc3)cc2)C1. The highest BCUT2D eigenvalue weighted by atomic mass is 19.1. The molecule has 6 nitrogen and oxygen atoms in total. The first-order chi connectivity index (χ1) is 16.1. The Morgan fingerprint density at radius 1 is 1.09 bits per heavy atom. The van der Waals surface area contributed by atoms with Crippen LogP contribution in [0.3, 0.4) is 0 Å². The second kappa shape index (κ2) is 9.10.